The van der Waals surface area contributed by atoms with E-state index in [1.807, 2.05) is 60.7 Å². The summed E-state index contributed by atoms with van der Waals surface area (Å²) in [6, 6.07) is 25.0. The van der Waals surface area contributed by atoms with Crippen molar-refractivity contribution in [2.75, 3.05) is 40.0 Å². The summed E-state index contributed by atoms with van der Waals surface area (Å²) in [5, 5.41) is 0. The Morgan fingerprint density at radius 1 is 0.476 bits per heavy atom. The summed E-state index contributed by atoms with van der Waals surface area (Å²) in [6.45, 7) is 13.6. The van der Waals surface area contributed by atoms with Crippen LogP contribution in [0.4, 0.5) is 0 Å². The van der Waals surface area contributed by atoms with Gasteiger partial charge in [0, 0.05) is 40.0 Å². The van der Waals surface area contributed by atoms with Gasteiger partial charge in [-0.2, -0.15) is 72.8 Å². The number of benzene rings is 2. The van der Waals surface area contributed by atoms with E-state index in [0.29, 0.717) is 0 Å². The molecule has 0 saturated carbocycles. The normalized spacial score (nSPS) is 8.00. The molecule has 0 nitrogen and oxygen atoms in total. The molecule has 0 N–H and O–H groups in total. The summed E-state index contributed by atoms with van der Waals surface area (Å²) < 4.78 is 0. The third-order valence-corrected chi connectivity index (χ3v) is 1.21. The maximum absolute atomic E-state index is 2.89. The van der Waals surface area contributed by atoms with Crippen LogP contribution in [0.3, 0.4) is 0 Å². The van der Waals surface area contributed by atoms with Crippen molar-refractivity contribution < 1.29 is 16.5 Å². The van der Waals surface area contributed by atoms with Crippen LogP contribution in [0, 0.1) is 12.1 Å². The van der Waals surface area contributed by atoms with Crippen LogP contribution in [0.15, 0.2) is 60.7 Å². The number of hydrogen-bond acceptors (Lipinski definition) is 0. The molecule has 120 valence electrons. The van der Waals surface area contributed by atoms with E-state index in [2.05, 4.69) is 52.1 Å². The van der Waals surface area contributed by atoms with E-state index in [4.69, 9.17) is 0 Å². The molecule has 0 bridgehead atoms. The summed E-state index contributed by atoms with van der Waals surface area (Å²) in [6.07, 6.45) is 0. The van der Waals surface area contributed by atoms with Crippen LogP contribution in [-0.2, 0) is 16.5 Å². The van der Waals surface area contributed by atoms with Gasteiger partial charge >= 0.3 is 16.5 Å². The fourth-order valence-electron chi connectivity index (χ4n) is 0.684. The SMILES string of the molecule is C[PH+](C)C.C[PH+](C)C.[Ni+2].[c-]1ccccc1.[c-]1ccccc1. The summed E-state index contributed by atoms with van der Waals surface area (Å²) in [7, 11) is 0.241. The molecule has 0 fully saturated rings. The van der Waals surface area contributed by atoms with E-state index < -0.39 is 0 Å². The molecule has 0 radical (unpaired) electrons. The van der Waals surface area contributed by atoms with Crippen LogP contribution in [0.5, 0.6) is 0 Å². The Labute approximate surface area is 145 Å². The second-order valence-electron chi connectivity index (χ2n) is 5.15. The molecule has 3 heteroatoms. The molecule has 0 aromatic heterocycles. The van der Waals surface area contributed by atoms with Crippen LogP contribution >= 0.6 is 15.8 Å². The predicted molar refractivity (Wildman–Crippen MR) is 103 cm³/mol. The summed E-state index contributed by atoms with van der Waals surface area (Å²) >= 11 is 0. The molecule has 2 aromatic rings. The van der Waals surface area contributed by atoms with Gasteiger partial charge in [-0.1, -0.05) is 0 Å². The Hall–Kier alpha value is -0.206. The molecule has 0 heterocycles. The average Bonchev–Trinajstić information content (AvgIpc) is 2.42. The smallest absolute Gasteiger partial charge is 0.184 e. The van der Waals surface area contributed by atoms with Crippen molar-refractivity contribution in [1.82, 2.24) is 0 Å². The topological polar surface area (TPSA) is 0 Å². The average molecular weight is 367 g/mol. The molecular formula is C18H30NiP2+2. The zero-order chi connectivity index (χ0) is 15.6. The molecular weight excluding hydrogens is 337 g/mol. The molecule has 0 aliphatic rings. The first-order valence-electron chi connectivity index (χ1n) is 6.82. The van der Waals surface area contributed by atoms with Crippen molar-refractivity contribution in [1.29, 1.82) is 0 Å². The molecule has 21 heavy (non-hydrogen) atoms. The van der Waals surface area contributed by atoms with E-state index in [1.54, 1.807) is 0 Å². The number of hydrogen-bond donors (Lipinski definition) is 0. The first-order valence-corrected chi connectivity index (χ1v) is 12.8. The van der Waals surface area contributed by atoms with E-state index in [0.717, 1.165) is 0 Å². The Kier molecular flexibility index (Phi) is 27.1. The zero-order valence-corrected chi connectivity index (χ0v) is 17.1. The molecule has 0 spiro atoms. The van der Waals surface area contributed by atoms with Gasteiger partial charge < -0.3 is 0 Å². The van der Waals surface area contributed by atoms with Crippen LogP contribution < -0.4 is 0 Å². The number of rotatable bonds is 0. The van der Waals surface area contributed by atoms with Gasteiger partial charge in [0.05, 0.1) is 0 Å². The molecule has 0 aliphatic heterocycles. The molecule has 0 aliphatic carbocycles. The quantitative estimate of drug-likeness (QED) is 0.343. The molecule has 2 rings (SSSR count). The van der Waals surface area contributed by atoms with Crippen LogP contribution in [0.2, 0.25) is 0 Å². The third-order valence-electron chi connectivity index (χ3n) is 1.21. The van der Waals surface area contributed by atoms with Gasteiger partial charge in [-0.05, 0) is 15.8 Å². The molecule has 2 aromatic carbocycles. The van der Waals surface area contributed by atoms with E-state index in [-0.39, 0.29) is 32.3 Å². The Bertz CT molecular complexity index is 254. The van der Waals surface area contributed by atoms with Crippen molar-refractivity contribution in [2.24, 2.45) is 0 Å². The largest absolute Gasteiger partial charge is 2.00 e. The van der Waals surface area contributed by atoms with Crippen LogP contribution in [0.1, 0.15) is 0 Å². The maximum Gasteiger partial charge on any atom is 2.00 e. The van der Waals surface area contributed by atoms with Crippen molar-refractivity contribution in [3.8, 4) is 0 Å². The predicted octanol–water partition coefficient (Wildman–Crippen LogP) is 5.15. The first-order chi connectivity index (χ1) is 9.46. The van der Waals surface area contributed by atoms with E-state index in [9.17, 15) is 0 Å². The molecule has 0 saturated heterocycles. The fourth-order valence-corrected chi connectivity index (χ4v) is 0.684. The monoisotopic (exact) mass is 366 g/mol. The summed E-state index contributed by atoms with van der Waals surface area (Å²) in [5.74, 6) is 0. The van der Waals surface area contributed by atoms with E-state index >= 15 is 0 Å². The Morgan fingerprint density at radius 3 is 0.714 bits per heavy atom. The van der Waals surface area contributed by atoms with Gasteiger partial charge in [0.1, 0.15) is 0 Å². The minimum absolute atomic E-state index is 0. The minimum atomic E-state index is 0. The Morgan fingerprint density at radius 2 is 0.667 bits per heavy atom. The summed E-state index contributed by atoms with van der Waals surface area (Å²) in [5.41, 5.74) is 0. The van der Waals surface area contributed by atoms with Gasteiger partial charge in [0.15, 0.2) is 0 Å². The van der Waals surface area contributed by atoms with Crippen molar-refractivity contribution >= 4 is 15.8 Å². The van der Waals surface area contributed by atoms with Crippen LogP contribution in [-0.4, -0.2) is 40.0 Å². The van der Waals surface area contributed by atoms with Gasteiger partial charge in [-0.3, -0.25) is 0 Å². The standard InChI is InChI=1S/2C6H5.2C3H9P.Ni/c2*1-2-4-6-5-3-1;2*1-4(2)3;/h2*1-5H;2*1-3H3;/q2*-1;;;+2/p+2. The second-order valence-corrected chi connectivity index (χ2v) is 11.2. The van der Waals surface area contributed by atoms with Crippen molar-refractivity contribution in [2.45, 2.75) is 0 Å². The summed E-state index contributed by atoms with van der Waals surface area (Å²) in [4.78, 5) is 0. The van der Waals surface area contributed by atoms with Crippen molar-refractivity contribution in [3.63, 3.8) is 0 Å². The molecule has 0 atom stereocenters. The van der Waals surface area contributed by atoms with Gasteiger partial charge in [-0.15, -0.1) is 0 Å². The van der Waals surface area contributed by atoms with Gasteiger partial charge in [0.2, 0.25) is 0 Å². The molecule has 0 unspecified atom stereocenters. The minimum Gasteiger partial charge on any atom is -0.184 e. The second kappa shape index (κ2) is 22.1. The maximum atomic E-state index is 2.89. The van der Waals surface area contributed by atoms with E-state index in [1.165, 1.54) is 0 Å². The fraction of sp³-hybridized carbons (Fsp3) is 0.333. The first kappa shape index (κ1) is 25.7. The molecule has 0 amide bonds. The van der Waals surface area contributed by atoms with Crippen LogP contribution in [0.25, 0.3) is 0 Å². The van der Waals surface area contributed by atoms with Gasteiger partial charge in [-0.25, -0.2) is 0 Å². The zero-order valence-electron chi connectivity index (χ0n) is 14.1. The third kappa shape index (κ3) is 45.1. The van der Waals surface area contributed by atoms with Crippen molar-refractivity contribution in [3.05, 3.63) is 72.8 Å². The van der Waals surface area contributed by atoms with Gasteiger partial charge in [0.25, 0.3) is 0 Å². The Balaban J connectivity index is -0.000000208.